The molecule has 3 heterocycles. The van der Waals surface area contributed by atoms with Gasteiger partial charge in [-0.3, -0.25) is 19.3 Å². The van der Waals surface area contributed by atoms with Gasteiger partial charge in [-0.2, -0.15) is 16.9 Å². The van der Waals surface area contributed by atoms with Crippen molar-refractivity contribution in [1.29, 1.82) is 0 Å². The molecule has 1 aromatic heterocycles. The van der Waals surface area contributed by atoms with E-state index >= 15 is 0 Å². The first kappa shape index (κ1) is 17.1. The van der Waals surface area contributed by atoms with E-state index in [4.69, 9.17) is 11.6 Å². The van der Waals surface area contributed by atoms with Gasteiger partial charge in [0.05, 0.1) is 11.4 Å². The predicted molar refractivity (Wildman–Crippen MR) is 98.2 cm³/mol. The molecule has 0 bridgehead atoms. The number of amides is 3. The lowest BCUT2D eigenvalue weighted by Crippen LogP contribution is -2.37. The average Bonchev–Trinajstić information content (AvgIpc) is 3.27. The topological polar surface area (TPSA) is 84.3 Å². The van der Waals surface area contributed by atoms with Crippen molar-refractivity contribution in [3.05, 3.63) is 40.5 Å². The Morgan fingerprint density at radius 1 is 1.23 bits per heavy atom. The SMILES string of the molecule is O=C(CN1C(=O)CCC1=O)Nc1c2c(nn1-c1cccc(Cl)c1)CSC2. The zero-order valence-electron chi connectivity index (χ0n) is 13.7. The quantitative estimate of drug-likeness (QED) is 0.810. The van der Waals surface area contributed by atoms with Crippen LogP contribution in [0, 0.1) is 0 Å². The molecule has 0 aliphatic carbocycles. The highest BCUT2D eigenvalue weighted by atomic mass is 35.5. The minimum absolute atomic E-state index is 0.165. The number of likely N-dealkylation sites (tertiary alicyclic amines) is 1. The van der Waals surface area contributed by atoms with E-state index < -0.39 is 5.91 Å². The largest absolute Gasteiger partial charge is 0.309 e. The van der Waals surface area contributed by atoms with Gasteiger partial charge in [0.25, 0.3) is 0 Å². The maximum absolute atomic E-state index is 12.5. The molecule has 0 atom stereocenters. The molecule has 2 aliphatic heterocycles. The molecule has 0 radical (unpaired) electrons. The Kier molecular flexibility index (Phi) is 4.46. The van der Waals surface area contributed by atoms with Crippen LogP contribution in [-0.4, -0.2) is 38.9 Å². The molecular weight excluding hydrogens is 376 g/mol. The van der Waals surface area contributed by atoms with Gasteiger partial charge < -0.3 is 5.32 Å². The normalized spacial score (nSPS) is 16.3. The summed E-state index contributed by atoms with van der Waals surface area (Å²) < 4.78 is 1.65. The van der Waals surface area contributed by atoms with Gasteiger partial charge in [-0.05, 0) is 18.2 Å². The molecule has 1 aromatic carbocycles. The van der Waals surface area contributed by atoms with Crippen molar-refractivity contribution in [3.8, 4) is 5.69 Å². The smallest absolute Gasteiger partial charge is 0.245 e. The van der Waals surface area contributed by atoms with Crippen LogP contribution < -0.4 is 5.32 Å². The van der Waals surface area contributed by atoms with E-state index in [1.54, 1.807) is 28.6 Å². The standard InChI is InChI=1S/C17H15ClN4O3S/c18-10-2-1-3-11(6-10)22-17(12-8-26-9-13(12)20-22)19-14(23)7-21-15(24)4-5-16(21)25/h1-3,6H,4-5,7-9H2,(H,19,23). The van der Waals surface area contributed by atoms with Crippen LogP contribution in [0.2, 0.25) is 5.02 Å². The van der Waals surface area contributed by atoms with Crippen LogP contribution in [0.3, 0.4) is 0 Å². The Hall–Kier alpha value is -2.32. The van der Waals surface area contributed by atoms with Crippen LogP contribution in [0.15, 0.2) is 24.3 Å². The number of imide groups is 1. The van der Waals surface area contributed by atoms with Crippen LogP contribution in [0.5, 0.6) is 0 Å². The number of thioether (sulfide) groups is 1. The summed E-state index contributed by atoms with van der Waals surface area (Å²) >= 11 is 7.80. The van der Waals surface area contributed by atoms with Crippen LogP contribution >= 0.6 is 23.4 Å². The van der Waals surface area contributed by atoms with E-state index in [0.717, 1.165) is 33.4 Å². The summed E-state index contributed by atoms with van der Waals surface area (Å²) in [7, 11) is 0. The summed E-state index contributed by atoms with van der Waals surface area (Å²) in [6.45, 7) is -0.277. The van der Waals surface area contributed by atoms with Crippen molar-refractivity contribution in [2.45, 2.75) is 24.3 Å². The molecule has 0 spiro atoms. The molecule has 3 amide bonds. The Labute approximate surface area is 158 Å². The maximum Gasteiger partial charge on any atom is 0.245 e. The van der Waals surface area contributed by atoms with Crippen molar-refractivity contribution in [2.75, 3.05) is 11.9 Å². The van der Waals surface area contributed by atoms with Gasteiger partial charge in [0.1, 0.15) is 12.4 Å². The first-order valence-corrected chi connectivity index (χ1v) is 9.63. The number of aromatic nitrogens is 2. The van der Waals surface area contributed by atoms with Crippen LogP contribution in [0.25, 0.3) is 5.69 Å². The predicted octanol–water partition coefficient (Wildman–Crippen LogP) is 2.36. The number of halogens is 1. The van der Waals surface area contributed by atoms with E-state index in [-0.39, 0.29) is 31.2 Å². The average molecular weight is 391 g/mol. The molecule has 134 valence electrons. The van der Waals surface area contributed by atoms with Gasteiger partial charge in [-0.15, -0.1) is 0 Å². The molecule has 1 fully saturated rings. The van der Waals surface area contributed by atoms with Crippen molar-refractivity contribution in [3.63, 3.8) is 0 Å². The van der Waals surface area contributed by atoms with Crippen molar-refractivity contribution in [1.82, 2.24) is 14.7 Å². The second kappa shape index (κ2) is 6.77. The minimum atomic E-state index is -0.420. The van der Waals surface area contributed by atoms with Gasteiger partial charge >= 0.3 is 0 Å². The van der Waals surface area contributed by atoms with Crippen molar-refractivity contribution in [2.24, 2.45) is 0 Å². The molecule has 0 saturated carbocycles. The number of benzene rings is 1. The summed E-state index contributed by atoms with van der Waals surface area (Å²) in [5, 5.41) is 8.00. The fraction of sp³-hybridized carbons (Fsp3) is 0.294. The third-order valence-corrected chi connectivity index (χ3v) is 5.52. The Morgan fingerprint density at radius 2 is 2.00 bits per heavy atom. The minimum Gasteiger partial charge on any atom is -0.309 e. The summed E-state index contributed by atoms with van der Waals surface area (Å²) in [6.07, 6.45) is 0.331. The molecule has 1 N–H and O–H groups in total. The lowest BCUT2D eigenvalue weighted by atomic mass is 10.2. The fourth-order valence-corrected chi connectivity index (χ4v) is 4.27. The highest BCUT2D eigenvalue weighted by Gasteiger charge is 2.31. The number of nitrogens with one attached hydrogen (secondary N) is 1. The van der Waals surface area contributed by atoms with Gasteiger partial charge in [-0.1, -0.05) is 17.7 Å². The fourth-order valence-electron chi connectivity index (χ4n) is 3.05. The molecule has 9 heteroatoms. The number of hydrogen-bond donors (Lipinski definition) is 1. The van der Waals surface area contributed by atoms with E-state index in [0.29, 0.717) is 10.8 Å². The van der Waals surface area contributed by atoms with E-state index in [1.807, 2.05) is 12.1 Å². The lowest BCUT2D eigenvalue weighted by Gasteiger charge is -2.15. The highest BCUT2D eigenvalue weighted by Crippen LogP contribution is 2.36. The number of rotatable bonds is 4. The van der Waals surface area contributed by atoms with Gasteiger partial charge in [-0.25, -0.2) is 4.68 Å². The first-order chi connectivity index (χ1) is 12.5. The van der Waals surface area contributed by atoms with E-state index in [2.05, 4.69) is 10.4 Å². The maximum atomic E-state index is 12.5. The zero-order valence-corrected chi connectivity index (χ0v) is 15.3. The molecule has 4 rings (SSSR count). The van der Waals surface area contributed by atoms with Crippen LogP contribution in [0.4, 0.5) is 5.82 Å². The van der Waals surface area contributed by atoms with Crippen LogP contribution in [-0.2, 0) is 25.9 Å². The Balaban J connectivity index is 1.62. The van der Waals surface area contributed by atoms with Crippen molar-refractivity contribution < 1.29 is 14.4 Å². The number of carbonyl (C=O) groups excluding carboxylic acids is 3. The Morgan fingerprint density at radius 3 is 2.73 bits per heavy atom. The second-order valence-corrected chi connectivity index (χ2v) is 7.50. The number of hydrogen-bond acceptors (Lipinski definition) is 5. The molecule has 2 aliphatic rings. The summed E-state index contributed by atoms with van der Waals surface area (Å²) in [5.74, 6) is 1.04. The summed E-state index contributed by atoms with van der Waals surface area (Å²) in [5.41, 5.74) is 2.61. The zero-order chi connectivity index (χ0) is 18.3. The molecule has 0 unspecified atom stereocenters. The number of anilines is 1. The molecule has 1 saturated heterocycles. The number of fused-ring (bicyclic) bond motifs is 1. The summed E-state index contributed by atoms with van der Waals surface area (Å²) in [6, 6.07) is 7.19. The van der Waals surface area contributed by atoms with Gasteiger partial charge in [0.15, 0.2) is 0 Å². The monoisotopic (exact) mass is 390 g/mol. The van der Waals surface area contributed by atoms with Gasteiger partial charge in [0.2, 0.25) is 17.7 Å². The van der Waals surface area contributed by atoms with Crippen LogP contribution in [0.1, 0.15) is 24.1 Å². The lowest BCUT2D eigenvalue weighted by molar-refractivity contribution is -0.141. The second-order valence-electron chi connectivity index (χ2n) is 6.08. The highest BCUT2D eigenvalue weighted by molar-refractivity contribution is 7.98. The third kappa shape index (κ3) is 3.10. The Bertz CT molecular complexity index is 911. The molecule has 26 heavy (non-hydrogen) atoms. The van der Waals surface area contributed by atoms with Gasteiger partial charge in [0, 0.05) is 34.9 Å². The van der Waals surface area contributed by atoms with Crippen molar-refractivity contribution >= 4 is 46.9 Å². The molecular formula is C17H15ClN4O3S. The number of nitrogens with zero attached hydrogens (tertiary/aromatic N) is 3. The van der Waals surface area contributed by atoms with E-state index in [1.165, 1.54) is 0 Å². The summed E-state index contributed by atoms with van der Waals surface area (Å²) in [4.78, 5) is 36.9. The van der Waals surface area contributed by atoms with E-state index in [9.17, 15) is 14.4 Å². The first-order valence-electron chi connectivity index (χ1n) is 8.10. The number of carbonyl (C=O) groups is 3. The third-order valence-electron chi connectivity index (χ3n) is 4.32. The molecule has 7 nitrogen and oxygen atoms in total. The molecule has 2 aromatic rings.